The Morgan fingerprint density at radius 2 is 2.06 bits per heavy atom. The first kappa shape index (κ1) is 19.6. The zero-order valence-electron chi connectivity index (χ0n) is 18.3. The van der Waals surface area contributed by atoms with E-state index < -0.39 is 0 Å². The van der Waals surface area contributed by atoms with Crippen molar-refractivity contribution in [2.24, 2.45) is 0 Å². The molecule has 2 aromatic carbocycles. The second-order valence-electron chi connectivity index (χ2n) is 9.45. The van der Waals surface area contributed by atoms with Crippen molar-refractivity contribution in [3.8, 4) is 11.5 Å². The Labute approximate surface area is 187 Å². The van der Waals surface area contributed by atoms with Crippen LogP contribution in [0.15, 0.2) is 36.4 Å². The normalized spacial score (nSPS) is 27.3. The molecule has 2 aliphatic carbocycles. The van der Waals surface area contributed by atoms with Crippen LogP contribution in [0.4, 0.5) is 4.79 Å². The summed E-state index contributed by atoms with van der Waals surface area (Å²) in [5.74, 6) is 1.62. The Bertz CT molecular complexity index is 1100. The van der Waals surface area contributed by atoms with Gasteiger partial charge < -0.3 is 19.1 Å². The topological polar surface area (TPSA) is 65.1 Å². The number of Topliss-reactive ketones (excluding diaryl/α,β-unsaturated/α-hetero) is 1. The molecule has 1 spiro atoms. The van der Waals surface area contributed by atoms with E-state index in [1.807, 2.05) is 35.2 Å². The van der Waals surface area contributed by atoms with Crippen LogP contribution in [-0.2, 0) is 28.0 Å². The number of fused-ring (bicyclic) bond motifs is 1. The molecule has 6 heteroatoms. The molecule has 1 unspecified atom stereocenters. The smallest absolute Gasteiger partial charge is 0.410 e. The molecule has 3 atom stereocenters. The number of ether oxygens (including phenoxy) is 3. The summed E-state index contributed by atoms with van der Waals surface area (Å²) in [6.07, 6.45) is 4.09. The summed E-state index contributed by atoms with van der Waals surface area (Å²) >= 11 is 0. The minimum absolute atomic E-state index is 0.0231. The number of nitrogens with zero attached hydrogens (tertiary/aromatic N) is 1. The molecule has 6 rings (SSSR count). The Hall–Kier alpha value is -3.02. The van der Waals surface area contributed by atoms with Gasteiger partial charge in [-0.05, 0) is 48.4 Å². The highest BCUT2D eigenvalue weighted by molar-refractivity contribution is 5.86. The van der Waals surface area contributed by atoms with Gasteiger partial charge in [-0.1, -0.05) is 30.3 Å². The number of benzene rings is 2. The number of ketones is 1. The summed E-state index contributed by atoms with van der Waals surface area (Å²) in [6, 6.07) is 11.8. The van der Waals surface area contributed by atoms with Crippen LogP contribution < -0.4 is 9.47 Å². The van der Waals surface area contributed by atoms with Crippen molar-refractivity contribution in [3.63, 3.8) is 0 Å². The van der Waals surface area contributed by atoms with E-state index in [4.69, 9.17) is 14.2 Å². The first-order chi connectivity index (χ1) is 15.6. The summed E-state index contributed by atoms with van der Waals surface area (Å²) in [6.45, 7) is 0.898. The lowest BCUT2D eigenvalue weighted by molar-refractivity contribution is -0.131. The molecular formula is C26H27NO5. The Morgan fingerprint density at radius 1 is 1.22 bits per heavy atom. The fraction of sp³-hybridized carbons (Fsp3) is 0.462. The van der Waals surface area contributed by atoms with E-state index in [9.17, 15) is 9.59 Å². The van der Waals surface area contributed by atoms with Gasteiger partial charge in [0.25, 0.3) is 0 Å². The second kappa shape index (κ2) is 7.26. The standard InChI is InChI=1S/C26H27NO5/c1-30-20-13-17-9-12-27(25(29)31-15-16-5-3-2-4-6-16)18-7-10-26-11-8-19(28)21(14-26)32-24(20)23(26)22(17)18/h2-6,13,18,21H,7-12,14-15H2,1H3/t18-,21?,26+/m1/s1. The first-order valence-electron chi connectivity index (χ1n) is 11.5. The van der Waals surface area contributed by atoms with Crippen LogP contribution >= 0.6 is 0 Å². The lowest BCUT2D eigenvalue weighted by Gasteiger charge is -2.53. The van der Waals surface area contributed by atoms with Crippen molar-refractivity contribution in [1.29, 1.82) is 0 Å². The third kappa shape index (κ3) is 2.85. The van der Waals surface area contributed by atoms with Crippen LogP contribution in [0.1, 0.15) is 60.4 Å². The number of rotatable bonds is 3. The third-order valence-corrected chi connectivity index (χ3v) is 7.83. The molecule has 1 fully saturated rings. The van der Waals surface area contributed by atoms with Gasteiger partial charge in [-0.15, -0.1) is 0 Å². The zero-order chi connectivity index (χ0) is 21.9. The Kier molecular flexibility index (Phi) is 4.46. The highest BCUT2D eigenvalue weighted by Crippen LogP contribution is 2.60. The lowest BCUT2D eigenvalue weighted by Crippen LogP contribution is -2.52. The summed E-state index contributed by atoms with van der Waals surface area (Å²) in [5.41, 5.74) is 4.55. The summed E-state index contributed by atoms with van der Waals surface area (Å²) in [4.78, 5) is 27.5. The van der Waals surface area contributed by atoms with Gasteiger partial charge in [0.15, 0.2) is 23.4 Å². The molecule has 166 valence electrons. The molecular weight excluding hydrogens is 406 g/mol. The van der Waals surface area contributed by atoms with Crippen LogP contribution in [0.3, 0.4) is 0 Å². The van der Waals surface area contributed by atoms with E-state index in [0.29, 0.717) is 18.7 Å². The molecule has 2 heterocycles. The molecule has 32 heavy (non-hydrogen) atoms. The van der Waals surface area contributed by atoms with E-state index in [-0.39, 0.29) is 36.0 Å². The minimum atomic E-state index is -0.379. The molecule has 6 nitrogen and oxygen atoms in total. The number of carbonyl (C=O) groups excluding carboxylic acids is 2. The monoisotopic (exact) mass is 433 g/mol. The fourth-order valence-corrected chi connectivity index (χ4v) is 6.30. The van der Waals surface area contributed by atoms with Crippen molar-refractivity contribution in [2.75, 3.05) is 13.7 Å². The van der Waals surface area contributed by atoms with Gasteiger partial charge in [-0.25, -0.2) is 4.79 Å². The molecule has 0 saturated heterocycles. The Morgan fingerprint density at radius 3 is 2.88 bits per heavy atom. The van der Waals surface area contributed by atoms with Gasteiger partial charge in [0.05, 0.1) is 13.2 Å². The van der Waals surface area contributed by atoms with Gasteiger partial charge >= 0.3 is 6.09 Å². The van der Waals surface area contributed by atoms with Gasteiger partial charge in [0.2, 0.25) is 0 Å². The maximum Gasteiger partial charge on any atom is 0.410 e. The van der Waals surface area contributed by atoms with Crippen molar-refractivity contribution in [1.82, 2.24) is 4.90 Å². The predicted octanol–water partition coefficient (Wildman–Crippen LogP) is 4.48. The first-order valence-corrected chi connectivity index (χ1v) is 11.5. The number of methoxy groups -OCH3 is 1. The van der Waals surface area contributed by atoms with Crippen molar-refractivity contribution in [2.45, 2.75) is 62.7 Å². The highest BCUT2D eigenvalue weighted by atomic mass is 16.6. The average molecular weight is 434 g/mol. The Balaban J connectivity index is 1.37. The van der Waals surface area contributed by atoms with E-state index in [1.165, 1.54) is 16.7 Å². The molecule has 1 amide bonds. The van der Waals surface area contributed by atoms with Gasteiger partial charge in [0, 0.05) is 30.4 Å². The molecule has 2 aromatic rings. The van der Waals surface area contributed by atoms with Crippen molar-refractivity contribution in [3.05, 3.63) is 58.7 Å². The zero-order valence-corrected chi connectivity index (χ0v) is 18.3. The maximum atomic E-state index is 13.1. The van der Waals surface area contributed by atoms with Gasteiger partial charge in [-0.3, -0.25) is 4.79 Å². The van der Waals surface area contributed by atoms with Crippen LogP contribution in [0.25, 0.3) is 0 Å². The van der Waals surface area contributed by atoms with Crippen LogP contribution in [0, 0.1) is 0 Å². The number of carbonyl (C=O) groups is 2. The quantitative estimate of drug-likeness (QED) is 0.714. The number of hydrogen-bond acceptors (Lipinski definition) is 5. The number of amides is 1. The van der Waals surface area contributed by atoms with E-state index in [1.54, 1.807) is 7.11 Å². The fourth-order valence-electron chi connectivity index (χ4n) is 6.30. The summed E-state index contributed by atoms with van der Waals surface area (Å²) < 4.78 is 17.6. The molecule has 2 aliphatic heterocycles. The average Bonchev–Trinajstić information content (AvgIpc) is 2.83. The minimum Gasteiger partial charge on any atom is -0.493 e. The second-order valence-corrected chi connectivity index (χ2v) is 9.45. The van der Waals surface area contributed by atoms with Gasteiger partial charge in [0.1, 0.15) is 6.61 Å². The van der Waals surface area contributed by atoms with Gasteiger partial charge in [-0.2, -0.15) is 0 Å². The van der Waals surface area contributed by atoms with E-state index in [0.717, 1.165) is 43.4 Å². The van der Waals surface area contributed by atoms with E-state index >= 15 is 0 Å². The van der Waals surface area contributed by atoms with Crippen LogP contribution in [-0.4, -0.2) is 36.5 Å². The highest BCUT2D eigenvalue weighted by Gasteiger charge is 2.54. The van der Waals surface area contributed by atoms with E-state index in [2.05, 4.69) is 6.07 Å². The van der Waals surface area contributed by atoms with Crippen LogP contribution in [0.2, 0.25) is 0 Å². The van der Waals surface area contributed by atoms with Crippen molar-refractivity contribution >= 4 is 11.9 Å². The largest absolute Gasteiger partial charge is 0.493 e. The molecule has 4 aliphatic rings. The third-order valence-electron chi connectivity index (χ3n) is 7.83. The molecule has 0 radical (unpaired) electrons. The lowest BCUT2D eigenvalue weighted by atomic mass is 9.58. The maximum absolute atomic E-state index is 13.1. The number of hydrogen-bond donors (Lipinski definition) is 0. The molecule has 2 bridgehead atoms. The molecule has 0 N–H and O–H groups in total. The van der Waals surface area contributed by atoms with Crippen molar-refractivity contribution < 1.29 is 23.8 Å². The predicted molar refractivity (Wildman–Crippen MR) is 117 cm³/mol. The summed E-state index contributed by atoms with van der Waals surface area (Å²) in [7, 11) is 1.66. The molecule has 1 saturated carbocycles. The SMILES string of the molecule is COc1cc2c3c4c1OC1C[C@@]4(CCC1=O)CC[C@H]3N(C(=O)OCc1ccccc1)CC2. The van der Waals surface area contributed by atoms with Crippen LogP contribution in [0.5, 0.6) is 11.5 Å². The summed E-state index contributed by atoms with van der Waals surface area (Å²) in [5, 5.41) is 0. The molecule has 0 aromatic heterocycles.